The van der Waals surface area contributed by atoms with Crippen molar-refractivity contribution in [2.75, 3.05) is 6.54 Å². The fraction of sp³-hybridized carbons (Fsp3) is 0.353. The summed E-state index contributed by atoms with van der Waals surface area (Å²) < 4.78 is 0. The predicted octanol–water partition coefficient (Wildman–Crippen LogP) is 3.42. The van der Waals surface area contributed by atoms with Gasteiger partial charge in [-0.05, 0) is 36.4 Å². The van der Waals surface area contributed by atoms with Crippen LogP contribution in [0.15, 0.2) is 41.8 Å². The summed E-state index contributed by atoms with van der Waals surface area (Å²) in [5.41, 5.74) is 2.51. The molecule has 112 valence electrons. The van der Waals surface area contributed by atoms with E-state index in [9.17, 15) is 4.79 Å². The van der Waals surface area contributed by atoms with Crippen LogP contribution < -0.4 is 10.6 Å². The zero-order valence-corrected chi connectivity index (χ0v) is 13.4. The molecule has 1 aromatic heterocycles. The number of nitrogens with one attached hydrogen (secondary N) is 2. The molecule has 0 aliphatic carbocycles. The maximum absolute atomic E-state index is 11.5. The minimum absolute atomic E-state index is 0.105. The van der Waals surface area contributed by atoms with Gasteiger partial charge in [-0.25, -0.2) is 0 Å². The first-order valence-corrected chi connectivity index (χ1v) is 8.16. The van der Waals surface area contributed by atoms with Crippen LogP contribution in [0.3, 0.4) is 0 Å². The van der Waals surface area contributed by atoms with Crippen molar-refractivity contribution in [1.82, 2.24) is 10.6 Å². The summed E-state index contributed by atoms with van der Waals surface area (Å²) >= 11 is 1.75. The van der Waals surface area contributed by atoms with Gasteiger partial charge in [0.1, 0.15) is 0 Å². The molecule has 0 fully saturated rings. The zero-order chi connectivity index (χ0) is 15.1. The molecule has 0 saturated heterocycles. The fourth-order valence-electron chi connectivity index (χ4n) is 2.06. The minimum atomic E-state index is 0.105. The Morgan fingerprint density at radius 3 is 2.67 bits per heavy atom. The molecule has 0 atom stereocenters. The van der Waals surface area contributed by atoms with Crippen molar-refractivity contribution in [3.05, 3.63) is 46.7 Å². The molecule has 0 aliphatic heterocycles. The first-order chi connectivity index (χ1) is 10.1. The highest BCUT2D eigenvalue weighted by Crippen LogP contribution is 2.25. The first kappa shape index (κ1) is 15.7. The van der Waals surface area contributed by atoms with Crippen LogP contribution in [0.25, 0.3) is 11.1 Å². The van der Waals surface area contributed by atoms with E-state index in [4.69, 9.17) is 0 Å². The predicted molar refractivity (Wildman–Crippen MR) is 89.4 cm³/mol. The van der Waals surface area contributed by atoms with E-state index in [-0.39, 0.29) is 11.9 Å². The van der Waals surface area contributed by atoms with Crippen LogP contribution in [0.4, 0.5) is 0 Å². The largest absolute Gasteiger partial charge is 0.354 e. The molecular formula is C17H22N2OS. The molecule has 0 aliphatic rings. The van der Waals surface area contributed by atoms with Gasteiger partial charge in [-0.1, -0.05) is 30.3 Å². The van der Waals surface area contributed by atoms with Crippen LogP contribution in [-0.4, -0.2) is 18.5 Å². The lowest BCUT2D eigenvalue weighted by atomic mass is 10.1. The van der Waals surface area contributed by atoms with Crippen LogP contribution in [-0.2, 0) is 11.3 Å². The Labute approximate surface area is 130 Å². The van der Waals surface area contributed by atoms with Crippen molar-refractivity contribution in [3.8, 4) is 11.1 Å². The SMILES string of the molecule is CC(C)NC(=O)CCNCc1cc(-c2ccccc2)cs1. The van der Waals surface area contributed by atoms with E-state index in [1.54, 1.807) is 11.3 Å². The van der Waals surface area contributed by atoms with Crippen molar-refractivity contribution in [3.63, 3.8) is 0 Å². The number of hydrogen-bond acceptors (Lipinski definition) is 3. The highest BCUT2D eigenvalue weighted by molar-refractivity contribution is 7.10. The molecule has 4 heteroatoms. The molecule has 0 unspecified atom stereocenters. The van der Waals surface area contributed by atoms with E-state index < -0.39 is 0 Å². The Bertz CT molecular complexity index is 563. The Hall–Kier alpha value is -1.65. The number of amides is 1. The molecule has 0 saturated carbocycles. The van der Waals surface area contributed by atoms with Gasteiger partial charge in [0, 0.05) is 30.4 Å². The molecule has 0 spiro atoms. The summed E-state index contributed by atoms with van der Waals surface area (Å²) in [6, 6.07) is 12.8. The maximum Gasteiger partial charge on any atom is 0.221 e. The van der Waals surface area contributed by atoms with Gasteiger partial charge in [-0.15, -0.1) is 11.3 Å². The molecule has 1 amide bonds. The molecule has 2 rings (SSSR count). The highest BCUT2D eigenvalue weighted by Gasteiger charge is 2.04. The van der Waals surface area contributed by atoms with Gasteiger partial charge in [-0.3, -0.25) is 4.79 Å². The molecule has 0 radical (unpaired) electrons. The number of rotatable bonds is 7. The van der Waals surface area contributed by atoms with Crippen molar-refractivity contribution < 1.29 is 4.79 Å². The second-order valence-electron chi connectivity index (χ2n) is 5.32. The molecule has 1 heterocycles. The van der Waals surface area contributed by atoms with Crippen molar-refractivity contribution in [2.45, 2.75) is 32.9 Å². The molecule has 2 N–H and O–H groups in total. The lowest BCUT2D eigenvalue weighted by Crippen LogP contribution is -2.32. The quantitative estimate of drug-likeness (QED) is 0.770. The van der Waals surface area contributed by atoms with Gasteiger partial charge in [-0.2, -0.15) is 0 Å². The normalized spacial score (nSPS) is 10.8. The highest BCUT2D eigenvalue weighted by atomic mass is 32.1. The summed E-state index contributed by atoms with van der Waals surface area (Å²) in [5.74, 6) is 0.105. The second-order valence-corrected chi connectivity index (χ2v) is 6.31. The van der Waals surface area contributed by atoms with Crippen molar-refractivity contribution >= 4 is 17.2 Å². The Kier molecular flexibility index (Phi) is 5.96. The van der Waals surface area contributed by atoms with Gasteiger partial charge in [0.2, 0.25) is 5.91 Å². The zero-order valence-electron chi connectivity index (χ0n) is 12.6. The van der Waals surface area contributed by atoms with E-state index in [0.29, 0.717) is 13.0 Å². The van der Waals surface area contributed by atoms with Crippen molar-refractivity contribution in [1.29, 1.82) is 0 Å². The molecule has 3 nitrogen and oxygen atoms in total. The lowest BCUT2D eigenvalue weighted by Gasteiger charge is -2.08. The average molecular weight is 302 g/mol. The monoisotopic (exact) mass is 302 g/mol. The summed E-state index contributed by atoms with van der Waals surface area (Å²) in [6.45, 7) is 5.47. The summed E-state index contributed by atoms with van der Waals surface area (Å²) in [6.07, 6.45) is 0.523. The number of benzene rings is 1. The topological polar surface area (TPSA) is 41.1 Å². The fourth-order valence-corrected chi connectivity index (χ4v) is 2.93. The van der Waals surface area contributed by atoms with Crippen LogP contribution in [0.2, 0.25) is 0 Å². The number of carbonyl (C=O) groups is 1. The maximum atomic E-state index is 11.5. The van der Waals surface area contributed by atoms with Gasteiger partial charge >= 0.3 is 0 Å². The van der Waals surface area contributed by atoms with Gasteiger partial charge in [0.15, 0.2) is 0 Å². The number of carbonyl (C=O) groups excluding carboxylic acids is 1. The smallest absolute Gasteiger partial charge is 0.221 e. The van der Waals surface area contributed by atoms with E-state index in [1.165, 1.54) is 16.0 Å². The standard InChI is InChI=1S/C17H22N2OS/c1-13(2)19-17(20)8-9-18-11-16-10-15(12-21-16)14-6-4-3-5-7-14/h3-7,10,12-13,18H,8-9,11H2,1-2H3,(H,19,20). The van der Waals surface area contributed by atoms with Crippen LogP contribution in [0, 0.1) is 0 Å². The summed E-state index contributed by atoms with van der Waals surface area (Å²) in [4.78, 5) is 12.8. The van der Waals surface area contributed by atoms with E-state index >= 15 is 0 Å². The van der Waals surface area contributed by atoms with E-state index in [2.05, 4.69) is 46.3 Å². The number of hydrogen-bond donors (Lipinski definition) is 2. The summed E-state index contributed by atoms with van der Waals surface area (Å²) in [7, 11) is 0. The van der Waals surface area contributed by atoms with Gasteiger partial charge in [0.05, 0.1) is 0 Å². The third-order valence-electron chi connectivity index (χ3n) is 3.04. The van der Waals surface area contributed by atoms with Crippen LogP contribution >= 0.6 is 11.3 Å². The van der Waals surface area contributed by atoms with Gasteiger partial charge < -0.3 is 10.6 Å². The van der Waals surface area contributed by atoms with Gasteiger partial charge in [0.25, 0.3) is 0 Å². The Morgan fingerprint density at radius 2 is 1.95 bits per heavy atom. The molecule has 21 heavy (non-hydrogen) atoms. The molecule has 1 aromatic carbocycles. The number of thiophene rings is 1. The molecular weight excluding hydrogens is 280 g/mol. The van der Waals surface area contributed by atoms with E-state index in [0.717, 1.165) is 6.54 Å². The Balaban J connectivity index is 1.75. The second kappa shape index (κ2) is 7.96. The van der Waals surface area contributed by atoms with E-state index in [1.807, 2.05) is 19.9 Å². The average Bonchev–Trinajstić information content (AvgIpc) is 2.93. The Morgan fingerprint density at radius 1 is 1.19 bits per heavy atom. The first-order valence-electron chi connectivity index (χ1n) is 7.28. The minimum Gasteiger partial charge on any atom is -0.354 e. The van der Waals surface area contributed by atoms with Crippen molar-refractivity contribution in [2.24, 2.45) is 0 Å². The summed E-state index contributed by atoms with van der Waals surface area (Å²) in [5, 5.41) is 8.39. The molecule has 2 aromatic rings. The third-order valence-corrected chi connectivity index (χ3v) is 3.98. The third kappa shape index (κ3) is 5.33. The van der Waals surface area contributed by atoms with Crippen LogP contribution in [0.1, 0.15) is 25.1 Å². The lowest BCUT2D eigenvalue weighted by molar-refractivity contribution is -0.121. The molecule has 0 bridgehead atoms. The van der Waals surface area contributed by atoms with Crippen LogP contribution in [0.5, 0.6) is 0 Å².